The Morgan fingerprint density at radius 3 is 2.34 bits per heavy atom. The van der Waals surface area contributed by atoms with Crippen molar-refractivity contribution >= 4 is 52.2 Å². The molecule has 3 N–H and O–H groups in total. The normalized spacial score (nSPS) is 12.7. The lowest BCUT2D eigenvalue weighted by molar-refractivity contribution is -0.117. The van der Waals surface area contributed by atoms with E-state index in [2.05, 4.69) is 25.9 Å². The van der Waals surface area contributed by atoms with Crippen molar-refractivity contribution in [1.82, 2.24) is 14.9 Å². The number of halogens is 1. The summed E-state index contributed by atoms with van der Waals surface area (Å²) < 4.78 is 0. The van der Waals surface area contributed by atoms with Crippen molar-refractivity contribution in [1.29, 1.82) is 0 Å². The number of amides is 2. The SMILES string of the molecule is CN(C)C(=O)c1ccc(Nc2ncc(Cl)c(Nc3ccccc3NC(=O)C3CC3)n2)cc1. The highest BCUT2D eigenvalue weighted by Crippen LogP contribution is 2.33. The van der Waals surface area contributed by atoms with Gasteiger partial charge in [0.05, 0.1) is 17.6 Å². The summed E-state index contributed by atoms with van der Waals surface area (Å²) in [6, 6.07) is 14.4. The van der Waals surface area contributed by atoms with E-state index in [1.807, 2.05) is 24.3 Å². The summed E-state index contributed by atoms with van der Waals surface area (Å²) in [5.41, 5.74) is 2.66. The molecular formula is C23H23ClN6O2. The van der Waals surface area contributed by atoms with Crippen molar-refractivity contribution in [3.8, 4) is 0 Å². The zero-order valence-electron chi connectivity index (χ0n) is 17.7. The Bertz CT molecular complexity index is 1150. The minimum absolute atomic E-state index is 0.0200. The molecule has 2 aromatic carbocycles. The number of nitrogens with one attached hydrogen (secondary N) is 3. The van der Waals surface area contributed by atoms with Gasteiger partial charge in [-0.3, -0.25) is 9.59 Å². The number of benzene rings is 2. The molecule has 3 aromatic rings. The second-order valence-electron chi connectivity index (χ2n) is 7.73. The van der Waals surface area contributed by atoms with Gasteiger partial charge in [-0.2, -0.15) is 4.98 Å². The Morgan fingerprint density at radius 2 is 1.69 bits per heavy atom. The van der Waals surface area contributed by atoms with E-state index in [0.29, 0.717) is 33.7 Å². The standard InChI is InChI=1S/C23H23ClN6O2/c1-30(2)22(32)15-9-11-16(12-10-15)26-23-25-13-17(24)20(29-23)27-18-5-3-4-6-19(18)28-21(31)14-7-8-14/h3-6,9-14H,7-8H2,1-2H3,(H,28,31)(H2,25,26,27,29). The van der Waals surface area contributed by atoms with Gasteiger partial charge in [0, 0.05) is 31.3 Å². The topological polar surface area (TPSA) is 99.3 Å². The molecule has 0 spiro atoms. The summed E-state index contributed by atoms with van der Waals surface area (Å²) in [7, 11) is 3.42. The molecule has 0 unspecified atom stereocenters. The minimum Gasteiger partial charge on any atom is -0.345 e. The van der Waals surface area contributed by atoms with Crippen LogP contribution in [0.15, 0.2) is 54.7 Å². The summed E-state index contributed by atoms with van der Waals surface area (Å²) in [4.78, 5) is 34.4. The predicted molar refractivity (Wildman–Crippen MR) is 126 cm³/mol. The van der Waals surface area contributed by atoms with E-state index in [1.54, 1.807) is 38.4 Å². The Hall–Kier alpha value is -3.65. The van der Waals surface area contributed by atoms with Crippen LogP contribution in [0, 0.1) is 5.92 Å². The van der Waals surface area contributed by atoms with E-state index in [-0.39, 0.29) is 17.7 Å². The number of nitrogens with zero attached hydrogens (tertiary/aromatic N) is 3. The van der Waals surface area contributed by atoms with Crippen LogP contribution in [0.2, 0.25) is 5.02 Å². The van der Waals surface area contributed by atoms with Crippen LogP contribution in [-0.2, 0) is 4.79 Å². The molecule has 1 saturated carbocycles. The average molecular weight is 451 g/mol. The maximum atomic E-state index is 12.2. The number of aromatic nitrogens is 2. The quantitative estimate of drug-likeness (QED) is 0.484. The van der Waals surface area contributed by atoms with Gasteiger partial charge in [-0.25, -0.2) is 4.98 Å². The van der Waals surface area contributed by atoms with Gasteiger partial charge in [0.2, 0.25) is 11.9 Å². The smallest absolute Gasteiger partial charge is 0.253 e. The van der Waals surface area contributed by atoms with Crippen LogP contribution >= 0.6 is 11.6 Å². The van der Waals surface area contributed by atoms with Gasteiger partial charge in [-0.1, -0.05) is 23.7 Å². The highest BCUT2D eigenvalue weighted by molar-refractivity contribution is 6.33. The average Bonchev–Trinajstić information content (AvgIpc) is 3.63. The van der Waals surface area contributed by atoms with Gasteiger partial charge >= 0.3 is 0 Å². The molecule has 4 rings (SSSR count). The van der Waals surface area contributed by atoms with E-state index < -0.39 is 0 Å². The summed E-state index contributed by atoms with van der Waals surface area (Å²) in [6.07, 6.45) is 3.35. The van der Waals surface area contributed by atoms with Crippen LogP contribution < -0.4 is 16.0 Å². The minimum atomic E-state index is -0.0711. The van der Waals surface area contributed by atoms with Crippen molar-refractivity contribution in [2.24, 2.45) is 5.92 Å². The highest BCUT2D eigenvalue weighted by atomic mass is 35.5. The molecule has 0 bridgehead atoms. The molecule has 8 nitrogen and oxygen atoms in total. The molecule has 164 valence electrons. The van der Waals surface area contributed by atoms with Gasteiger partial charge < -0.3 is 20.9 Å². The van der Waals surface area contributed by atoms with Crippen molar-refractivity contribution in [3.63, 3.8) is 0 Å². The third-order valence-corrected chi connectivity index (χ3v) is 5.20. The van der Waals surface area contributed by atoms with E-state index in [9.17, 15) is 9.59 Å². The van der Waals surface area contributed by atoms with Crippen LogP contribution in [0.4, 0.5) is 28.8 Å². The summed E-state index contributed by atoms with van der Waals surface area (Å²) in [5.74, 6) is 0.783. The Morgan fingerprint density at radius 1 is 1.00 bits per heavy atom. The second kappa shape index (κ2) is 9.23. The molecule has 1 heterocycles. The van der Waals surface area contributed by atoms with Crippen LogP contribution in [0.1, 0.15) is 23.2 Å². The van der Waals surface area contributed by atoms with E-state index in [1.165, 1.54) is 11.1 Å². The first-order valence-corrected chi connectivity index (χ1v) is 10.6. The monoisotopic (exact) mass is 450 g/mol. The Balaban J connectivity index is 1.50. The van der Waals surface area contributed by atoms with Crippen LogP contribution in [0.3, 0.4) is 0 Å². The molecule has 1 aliphatic rings. The molecule has 0 aliphatic heterocycles. The number of carbonyl (C=O) groups excluding carboxylic acids is 2. The first kappa shape index (κ1) is 21.6. The van der Waals surface area contributed by atoms with Gasteiger partial charge in [-0.15, -0.1) is 0 Å². The zero-order valence-corrected chi connectivity index (χ0v) is 18.5. The second-order valence-corrected chi connectivity index (χ2v) is 8.13. The van der Waals surface area contributed by atoms with Gasteiger partial charge in [0.25, 0.3) is 5.91 Å². The molecule has 9 heteroatoms. The fourth-order valence-electron chi connectivity index (χ4n) is 3.01. The molecule has 2 amide bonds. The molecule has 0 radical (unpaired) electrons. The van der Waals surface area contributed by atoms with Crippen LogP contribution in [-0.4, -0.2) is 40.8 Å². The molecule has 0 atom stereocenters. The van der Waals surface area contributed by atoms with Crippen LogP contribution in [0.5, 0.6) is 0 Å². The predicted octanol–water partition coefficient (Wildman–Crippen LogP) is 4.67. The number of hydrogen-bond acceptors (Lipinski definition) is 6. The first-order chi connectivity index (χ1) is 15.4. The summed E-state index contributed by atoms with van der Waals surface area (Å²) in [6.45, 7) is 0. The van der Waals surface area contributed by atoms with E-state index in [0.717, 1.165) is 18.5 Å². The zero-order chi connectivity index (χ0) is 22.7. The van der Waals surface area contributed by atoms with Crippen LogP contribution in [0.25, 0.3) is 0 Å². The van der Waals surface area contributed by atoms with E-state index in [4.69, 9.17) is 11.6 Å². The maximum absolute atomic E-state index is 12.2. The molecule has 0 saturated heterocycles. The molecule has 1 aliphatic carbocycles. The number of carbonyl (C=O) groups is 2. The number of rotatable bonds is 7. The van der Waals surface area contributed by atoms with Gasteiger partial charge in [0.1, 0.15) is 5.02 Å². The lowest BCUT2D eigenvalue weighted by Gasteiger charge is -2.14. The van der Waals surface area contributed by atoms with E-state index >= 15 is 0 Å². The largest absolute Gasteiger partial charge is 0.345 e. The van der Waals surface area contributed by atoms with Crippen molar-refractivity contribution in [2.45, 2.75) is 12.8 Å². The number of anilines is 5. The number of para-hydroxylation sites is 2. The summed E-state index contributed by atoms with van der Waals surface area (Å²) in [5, 5.41) is 9.58. The molecular weight excluding hydrogens is 428 g/mol. The third-order valence-electron chi connectivity index (χ3n) is 4.92. The summed E-state index contributed by atoms with van der Waals surface area (Å²) >= 11 is 6.31. The Labute approximate surface area is 191 Å². The molecule has 1 aromatic heterocycles. The highest BCUT2D eigenvalue weighted by Gasteiger charge is 2.30. The molecule has 1 fully saturated rings. The molecule has 32 heavy (non-hydrogen) atoms. The maximum Gasteiger partial charge on any atom is 0.253 e. The lowest BCUT2D eigenvalue weighted by atomic mass is 10.2. The lowest BCUT2D eigenvalue weighted by Crippen LogP contribution is -2.21. The van der Waals surface area contributed by atoms with Crippen molar-refractivity contribution in [2.75, 3.05) is 30.0 Å². The Kier molecular flexibility index (Phi) is 6.23. The van der Waals surface area contributed by atoms with Gasteiger partial charge in [-0.05, 0) is 49.2 Å². The van der Waals surface area contributed by atoms with Crippen molar-refractivity contribution < 1.29 is 9.59 Å². The van der Waals surface area contributed by atoms with Crippen molar-refractivity contribution in [3.05, 3.63) is 65.3 Å². The fourth-order valence-corrected chi connectivity index (χ4v) is 3.15. The number of hydrogen-bond donors (Lipinski definition) is 3. The van der Waals surface area contributed by atoms with Gasteiger partial charge in [0.15, 0.2) is 5.82 Å². The third kappa shape index (κ3) is 5.15. The first-order valence-electron chi connectivity index (χ1n) is 10.2. The fraction of sp³-hybridized carbons (Fsp3) is 0.217.